The largest absolute Gasteiger partial charge is 0.299 e. The fourth-order valence-corrected chi connectivity index (χ4v) is 2.20. The van der Waals surface area contributed by atoms with Crippen molar-refractivity contribution in [1.82, 2.24) is 0 Å². The number of hydrogen-bond donors (Lipinski definition) is 1. The van der Waals surface area contributed by atoms with Crippen molar-refractivity contribution in [3.8, 4) is 0 Å². The third-order valence-corrected chi connectivity index (χ3v) is 3.69. The molecule has 0 spiro atoms. The van der Waals surface area contributed by atoms with E-state index in [1.54, 1.807) is 0 Å². The van der Waals surface area contributed by atoms with Crippen molar-refractivity contribution in [2.45, 2.75) is 38.9 Å². The zero-order valence-corrected chi connectivity index (χ0v) is 8.97. The summed E-state index contributed by atoms with van der Waals surface area (Å²) in [6, 6.07) is 0. The first kappa shape index (κ1) is 10.1. The minimum Gasteiger partial charge on any atom is -0.299 e. The number of carbonyl (C=O) groups is 1. The van der Waals surface area contributed by atoms with E-state index in [-0.39, 0.29) is 5.92 Å². The summed E-state index contributed by atoms with van der Waals surface area (Å²) >= 11 is 4.45. The van der Waals surface area contributed by atoms with Gasteiger partial charge in [0.15, 0.2) is 0 Å². The molecule has 0 aromatic rings. The highest BCUT2D eigenvalue weighted by molar-refractivity contribution is 7.81. The summed E-state index contributed by atoms with van der Waals surface area (Å²) in [5, 5.41) is 0.290. The molecule has 1 nitrogen and oxygen atoms in total. The average Bonchev–Trinajstić information content (AvgIpc) is 1.99. The molecule has 0 N–H and O–H groups in total. The fraction of sp³-hybridized carbons (Fsp3) is 0.900. The van der Waals surface area contributed by atoms with Crippen LogP contribution in [0, 0.1) is 17.8 Å². The van der Waals surface area contributed by atoms with Crippen LogP contribution in [-0.2, 0) is 4.79 Å². The monoisotopic (exact) mass is 186 g/mol. The Balaban J connectivity index is 2.59. The van der Waals surface area contributed by atoms with Crippen LogP contribution < -0.4 is 0 Å². The quantitative estimate of drug-likeness (QED) is 0.623. The van der Waals surface area contributed by atoms with Crippen LogP contribution in [0.4, 0.5) is 0 Å². The summed E-state index contributed by atoms with van der Waals surface area (Å²) in [4.78, 5) is 11.5. The number of carbonyl (C=O) groups excluding carboxylic acids is 1. The second-order valence-corrected chi connectivity index (χ2v) is 4.93. The Labute approximate surface area is 80.3 Å². The molecule has 12 heavy (non-hydrogen) atoms. The molecule has 1 aliphatic rings. The molecular formula is C10H18OS. The highest BCUT2D eigenvalue weighted by Gasteiger charge is 2.32. The number of Topliss-reactive ketones (excluding diaryl/α,β-unsaturated/α-hetero) is 1. The summed E-state index contributed by atoms with van der Waals surface area (Å²) < 4.78 is 0. The van der Waals surface area contributed by atoms with Gasteiger partial charge in [-0.3, -0.25) is 4.79 Å². The predicted molar refractivity (Wildman–Crippen MR) is 54.5 cm³/mol. The van der Waals surface area contributed by atoms with Crippen molar-refractivity contribution in [1.29, 1.82) is 0 Å². The predicted octanol–water partition coefficient (Wildman–Crippen LogP) is 2.56. The van der Waals surface area contributed by atoms with Gasteiger partial charge < -0.3 is 0 Å². The SMILES string of the molecule is CC1C(=O)C[C@@H](C(C)C)CC1S. The summed E-state index contributed by atoms with van der Waals surface area (Å²) in [7, 11) is 0. The number of hydrogen-bond acceptors (Lipinski definition) is 2. The molecule has 0 amide bonds. The van der Waals surface area contributed by atoms with Crippen LogP contribution in [0.1, 0.15) is 33.6 Å². The van der Waals surface area contributed by atoms with Crippen LogP contribution in [0.2, 0.25) is 0 Å². The molecule has 1 aliphatic carbocycles. The van der Waals surface area contributed by atoms with Crippen LogP contribution in [0.5, 0.6) is 0 Å². The van der Waals surface area contributed by atoms with E-state index in [0.717, 1.165) is 12.8 Å². The molecule has 0 heterocycles. The van der Waals surface area contributed by atoms with Crippen LogP contribution >= 0.6 is 12.6 Å². The highest BCUT2D eigenvalue weighted by Crippen LogP contribution is 2.33. The molecule has 0 radical (unpaired) electrons. The molecule has 2 heteroatoms. The van der Waals surface area contributed by atoms with Gasteiger partial charge in [0.1, 0.15) is 5.78 Å². The Morgan fingerprint density at radius 1 is 1.50 bits per heavy atom. The molecule has 3 atom stereocenters. The lowest BCUT2D eigenvalue weighted by Gasteiger charge is -2.32. The molecule has 0 aromatic heterocycles. The minimum atomic E-state index is 0.170. The molecule has 0 aromatic carbocycles. The molecule has 1 fully saturated rings. The normalized spacial score (nSPS) is 37.4. The summed E-state index contributed by atoms with van der Waals surface area (Å²) in [6.07, 6.45) is 1.88. The maximum absolute atomic E-state index is 11.5. The lowest BCUT2D eigenvalue weighted by molar-refractivity contribution is -0.125. The van der Waals surface area contributed by atoms with Gasteiger partial charge >= 0.3 is 0 Å². The number of thiol groups is 1. The Bertz CT molecular complexity index is 177. The van der Waals surface area contributed by atoms with Crippen LogP contribution in [0.3, 0.4) is 0 Å². The maximum Gasteiger partial charge on any atom is 0.137 e. The van der Waals surface area contributed by atoms with Gasteiger partial charge in [-0.1, -0.05) is 20.8 Å². The van der Waals surface area contributed by atoms with Crippen molar-refractivity contribution in [2.24, 2.45) is 17.8 Å². The standard InChI is InChI=1S/C10H18OS/c1-6(2)8-4-9(11)7(3)10(12)5-8/h6-8,10,12H,4-5H2,1-3H3/t7?,8-,10?/m1/s1. The smallest absolute Gasteiger partial charge is 0.137 e. The number of ketones is 1. The molecule has 1 rings (SSSR count). The van der Waals surface area contributed by atoms with E-state index in [1.807, 2.05) is 6.92 Å². The van der Waals surface area contributed by atoms with Crippen molar-refractivity contribution in [2.75, 3.05) is 0 Å². The molecule has 0 saturated heterocycles. The van der Waals surface area contributed by atoms with E-state index in [1.165, 1.54) is 0 Å². The van der Waals surface area contributed by atoms with Gasteiger partial charge in [-0.15, -0.1) is 0 Å². The molecule has 0 aliphatic heterocycles. The zero-order chi connectivity index (χ0) is 9.30. The molecule has 0 bridgehead atoms. The first-order valence-corrected chi connectivity index (χ1v) is 5.24. The highest BCUT2D eigenvalue weighted by atomic mass is 32.1. The second kappa shape index (κ2) is 3.82. The van der Waals surface area contributed by atoms with Crippen LogP contribution in [0.25, 0.3) is 0 Å². The van der Waals surface area contributed by atoms with Crippen molar-refractivity contribution in [3.05, 3.63) is 0 Å². The first-order chi connectivity index (χ1) is 5.52. The first-order valence-electron chi connectivity index (χ1n) is 4.73. The molecule has 2 unspecified atom stereocenters. The summed E-state index contributed by atoms with van der Waals surface area (Å²) in [6.45, 7) is 6.37. The van der Waals surface area contributed by atoms with Crippen molar-refractivity contribution >= 4 is 18.4 Å². The van der Waals surface area contributed by atoms with Crippen LogP contribution in [-0.4, -0.2) is 11.0 Å². The fourth-order valence-electron chi connectivity index (χ4n) is 1.76. The number of rotatable bonds is 1. The molecule has 70 valence electrons. The van der Waals surface area contributed by atoms with Crippen LogP contribution in [0.15, 0.2) is 0 Å². The Hall–Kier alpha value is 0.0200. The molecular weight excluding hydrogens is 168 g/mol. The van der Waals surface area contributed by atoms with Gasteiger partial charge in [-0.25, -0.2) is 0 Å². The van der Waals surface area contributed by atoms with E-state index in [0.29, 0.717) is 22.9 Å². The summed E-state index contributed by atoms with van der Waals surface area (Å²) in [5.74, 6) is 1.76. The van der Waals surface area contributed by atoms with E-state index in [2.05, 4.69) is 26.5 Å². The van der Waals surface area contributed by atoms with Gasteiger partial charge in [-0.05, 0) is 18.3 Å². The van der Waals surface area contributed by atoms with Gasteiger partial charge in [0, 0.05) is 17.6 Å². The lowest BCUT2D eigenvalue weighted by Crippen LogP contribution is -2.33. The molecule has 1 saturated carbocycles. The Morgan fingerprint density at radius 2 is 2.08 bits per heavy atom. The average molecular weight is 186 g/mol. The Kier molecular flexibility index (Phi) is 3.22. The van der Waals surface area contributed by atoms with E-state index < -0.39 is 0 Å². The van der Waals surface area contributed by atoms with E-state index in [4.69, 9.17) is 0 Å². The van der Waals surface area contributed by atoms with Gasteiger partial charge in [-0.2, -0.15) is 12.6 Å². The van der Waals surface area contributed by atoms with E-state index in [9.17, 15) is 4.79 Å². The summed E-state index contributed by atoms with van der Waals surface area (Å²) in [5.41, 5.74) is 0. The topological polar surface area (TPSA) is 17.1 Å². The van der Waals surface area contributed by atoms with Gasteiger partial charge in [0.25, 0.3) is 0 Å². The van der Waals surface area contributed by atoms with Gasteiger partial charge in [0.2, 0.25) is 0 Å². The van der Waals surface area contributed by atoms with E-state index >= 15 is 0 Å². The Morgan fingerprint density at radius 3 is 2.50 bits per heavy atom. The third-order valence-electron chi connectivity index (χ3n) is 3.04. The second-order valence-electron chi connectivity index (χ2n) is 4.27. The minimum absolute atomic E-state index is 0.170. The van der Waals surface area contributed by atoms with Crippen molar-refractivity contribution < 1.29 is 4.79 Å². The van der Waals surface area contributed by atoms with Crippen molar-refractivity contribution in [3.63, 3.8) is 0 Å². The lowest BCUT2D eigenvalue weighted by atomic mass is 9.76. The maximum atomic E-state index is 11.5. The zero-order valence-electron chi connectivity index (χ0n) is 8.08. The third kappa shape index (κ3) is 2.03. The van der Waals surface area contributed by atoms with Gasteiger partial charge in [0.05, 0.1) is 0 Å².